The zero-order valence-electron chi connectivity index (χ0n) is 9.35. The second-order valence-corrected chi connectivity index (χ2v) is 3.92. The van der Waals surface area contributed by atoms with E-state index in [0.29, 0.717) is 11.8 Å². The van der Waals surface area contributed by atoms with Gasteiger partial charge in [0.25, 0.3) is 0 Å². The molecule has 0 fully saturated rings. The van der Waals surface area contributed by atoms with Gasteiger partial charge in [0.2, 0.25) is 0 Å². The molecule has 0 saturated carbocycles. The van der Waals surface area contributed by atoms with Crippen LogP contribution in [0.25, 0.3) is 10.4 Å². The minimum absolute atomic E-state index is 0.0662. The second-order valence-electron chi connectivity index (χ2n) is 3.92. The first-order valence-electron chi connectivity index (χ1n) is 5.32. The first-order valence-corrected chi connectivity index (χ1v) is 5.32. The minimum atomic E-state index is 0.0662. The van der Waals surface area contributed by atoms with Crippen LogP contribution in [0.1, 0.15) is 40.0 Å². The van der Waals surface area contributed by atoms with Gasteiger partial charge in [0, 0.05) is 17.6 Å². The van der Waals surface area contributed by atoms with Crippen LogP contribution in [0.3, 0.4) is 0 Å². The smallest absolute Gasteiger partial charge is 0.0431 e. The molecule has 0 aromatic carbocycles. The van der Waals surface area contributed by atoms with Gasteiger partial charge < -0.3 is 5.11 Å². The predicted octanol–water partition coefficient (Wildman–Crippen LogP) is 3.12. The fraction of sp³-hybridized carbons (Fsp3) is 1.00. The molecule has 0 rings (SSSR count). The van der Waals surface area contributed by atoms with Crippen molar-refractivity contribution in [3.8, 4) is 0 Å². The number of hydrogen-bond donors (Lipinski definition) is 1. The summed E-state index contributed by atoms with van der Waals surface area (Å²) in [6.45, 7) is 6.51. The van der Waals surface area contributed by atoms with Crippen LogP contribution < -0.4 is 0 Å². The Morgan fingerprint density at radius 3 is 2.43 bits per heavy atom. The molecular weight excluding hydrogens is 178 g/mol. The zero-order valence-corrected chi connectivity index (χ0v) is 9.35. The summed E-state index contributed by atoms with van der Waals surface area (Å²) < 4.78 is 0. The SMILES string of the molecule is CC[C@H](C)[C@@H](N=[N+]=[N-])[C@@H](C)CCCO. The maximum Gasteiger partial charge on any atom is 0.0431 e. The molecule has 4 heteroatoms. The predicted molar refractivity (Wildman–Crippen MR) is 57.9 cm³/mol. The van der Waals surface area contributed by atoms with E-state index < -0.39 is 0 Å². The molecule has 0 heterocycles. The van der Waals surface area contributed by atoms with E-state index in [2.05, 4.69) is 30.8 Å². The highest BCUT2D eigenvalue weighted by molar-refractivity contribution is 4.78. The first-order chi connectivity index (χ1) is 6.67. The number of aliphatic hydroxyl groups is 1. The Labute approximate surface area is 86.0 Å². The van der Waals surface area contributed by atoms with Crippen molar-refractivity contribution in [1.29, 1.82) is 0 Å². The highest BCUT2D eigenvalue weighted by atomic mass is 16.2. The van der Waals surface area contributed by atoms with Gasteiger partial charge in [0.1, 0.15) is 0 Å². The van der Waals surface area contributed by atoms with E-state index >= 15 is 0 Å². The Morgan fingerprint density at radius 2 is 2.00 bits per heavy atom. The van der Waals surface area contributed by atoms with E-state index in [1.807, 2.05) is 0 Å². The summed E-state index contributed by atoms with van der Waals surface area (Å²) >= 11 is 0. The Balaban J connectivity index is 4.24. The van der Waals surface area contributed by atoms with Gasteiger partial charge in [-0.25, -0.2) is 0 Å². The number of azide groups is 1. The maximum atomic E-state index is 8.72. The lowest BCUT2D eigenvalue weighted by atomic mass is 9.87. The van der Waals surface area contributed by atoms with Crippen molar-refractivity contribution in [2.24, 2.45) is 17.0 Å². The molecule has 0 aliphatic carbocycles. The lowest BCUT2D eigenvalue weighted by molar-refractivity contribution is 0.253. The van der Waals surface area contributed by atoms with Crippen molar-refractivity contribution in [1.82, 2.24) is 0 Å². The van der Waals surface area contributed by atoms with E-state index in [1.165, 1.54) is 0 Å². The Hall–Kier alpha value is -0.730. The van der Waals surface area contributed by atoms with Crippen LogP contribution in [0.2, 0.25) is 0 Å². The molecule has 3 atom stereocenters. The third kappa shape index (κ3) is 4.49. The summed E-state index contributed by atoms with van der Waals surface area (Å²) in [5.41, 5.74) is 8.46. The summed E-state index contributed by atoms with van der Waals surface area (Å²) in [4.78, 5) is 2.90. The highest BCUT2D eigenvalue weighted by Gasteiger charge is 2.20. The van der Waals surface area contributed by atoms with Crippen LogP contribution >= 0.6 is 0 Å². The van der Waals surface area contributed by atoms with Gasteiger partial charge in [-0.15, -0.1) is 0 Å². The van der Waals surface area contributed by atoms with E-state index in [1.54, 1.807) is 0 Å². The fourth-order valence-electron chi connectivity index (χ4n) is 1.67. The van der Waals surface area contributed by atoms with Crippen molar-refractivity contribution < 1.29 is 5.11 Å². The van der Waals surface area contributed by atoms with Crippen LogP contribution in [-0.4, -0.2) is 17.8 Å². The average Bonchev–Trinajstić information content (AvgIpc) is 2.21. The van der Waals surface area contributed by atoms with Gasteiger partial charge in [0.15, 0.2) is 0 Å². The van der Waals surface area contributed by atoms with Gasteiger partial charge in [-0.05, 0) is 30.2 Å². The Morgan fingerprint density at radius 1 is 1.36 bits per heavy atom. The molecule has 0 aromatic rings. The molecule has 0 amide bonds. The summed E-state index contributed by atoms with van der Waals surface area (Å²) in [5.74, 6) is 0.771. The van der Waals surface area contributed by atoms with E-state index in [0.717, 1.165) is 19.3 Å². The summed E-state index contributed by atoms with van der Waals surface area (Å²) in [6.07, 6.45) is 2.73. The van der Waals surface area contributed by atoms with Crippen LogP contribution in [0, 0.1) is 11.8 Å². The van der Waals surface area contributed by atoms with Crippen LogP contribution in [0.5, 0.6) is 0 Å². The molecule has 0 saturated heterocycles. The third-order valence-corrected chi connectivity index (χ3v) is 2.81. The van der Waals surface area contributed by atoms with Gasteiger partial charge >= 0.3 is 0 Å². The van der Waals surface area contributed by atoms with Crippen LogP contribution in [-0.2, 0) is 0 Å². The lowest BCUT2D eigenvalue weighted by Gasteiger charge is -2.24. The Kier molecular flexibility index (Phi) is 7.25. The van der Waals surface area contributed by atoms with Crippen molar-refractivity contribution >= 4 is 0 Å². The largest absolute Gasteiger partial charge is 0.396 e. The van der Waals surface area contributed by atoms with Crippen molar-refractivity contribution in [3.63, 3.8) is 0 Å². The molecular formula is C10H21N3O. The molecule has 14 heavy (non-hydrogen) atoms. The van der Waals surface area contributed by atoms with Crippen molar-refractivity contribution in [2.45, 2.75) is 46.1 Å². The van der Waals surface area contributed by atoms with Gasteiger partial charge in [-0.1, -0.05) is 32.3 Å². The van der Waals surface area contributed by atoms with Gasteiger partial charge in [0.05, 0.1) is 0 Å². The quantitative estimate of drug-likeness (QED) is 0.382. The number of rotatable bonds is 7. The zero-order chi connectivity index (χ0) is 11.0. The molecule has 82 valence electrons. The van der Waals surface area contributed by atoms with Gasteiger partial charge in [-0.2, -0.15) is 0 Å². The van der Waals surface area contributed by atoms with Crippen LogP contribution in [0.4, 0.5) is 0 Å². The fourth-order valence-corrected chi connectivity index (χ4v) is 1.67. The molecule has 4 nitrogen and oxygen atoms in total. The van der Waals surface area contributed by atoms with E-state index in [-0.39, 0.29) is 12.6 Å². The number of aliphatic hydroxyl groups excluding tert-OH is 1. The van der Waals surface area contributed by atoms with Gasteiger partial charge in [-0.3, -0.25) is 0 Å². The molecule has 0 radical (unpaired) electrons. The normalized spacial score (nSPS) is 16.9. The monoisotopic (exact) mass is 199 g/mol. The second kappa shape index (κ2) is 7.65. The molecule has 0 unspecified atom stereocenters. The number of nitrogens with zero attached hydrogens (tertiary/aromatic N) is 3. The summed E-state index contributed by atoms with van der Waals surface area (Å²) in [6, 6.07) is 0.0662. The highest BCUT2D eigenvalue weighted by Crippen LogP contribution is 2.23. The molecule has 0 aliphatic heterocycles. The first kappa shape index (κ1) is 13.3. The lowest BCUT2D eigenvalue weighted by Crippen LogP contribution is -2.23. The molecule has 0 aromatic heterocycles. The minimum Gasteiger partial charge on any atom is -0.396 e. The van der Waals surface area contributed by atoms with Crippen molar-refractivity contribution in [3.05, 3.63) is 10.4 Å². The third-order valence-electron chi connectivity index (χ3n) is 2.81. The van der Waals surface area contributed by atoms with E-state index in [4.69, 9.17) is 10.6 Å². The summed E-state index contributed by atoms with van der Waals surface area (Å²) in [7, 11) is 0. The molecule has 0 aliphatic rings. The van der Waals surface area contributed by atoms with Crippen molar-refractivity contribution in [2.75, 3.05) is 6.61 Å². The molecule has 0 spiro atoms. The Bertz CT molecular complexity index is 190. The average molecular weight is 199 g/mol. The van der Waals surface area contributed by atoms with E-state index in [9.17, 15) is 0 Å². The molecule has 0 bridgehead atoms. The number of hydrogen-bond acceptors (Lipinski definition) is 2. The molecule has 1 N–H and O–H groups in total. The summed E-state index contributed by atoms with van der Waals surface area (Å²) in [5, 5.41) is 12.6. The maximum absolute atomic E-state index is 8.72. The topological polar surface area (TPSA) is 69.0 Å². The standard InChI is InChI=1S/C10H21N3O/c1-4-8(2)10(12-13-11)9(3)6-5-7-14/h8-10,14H,4-7H2,1-3H3/t8-,9-,10+/m0/s1. The van der Waals surface area contributed by atoms with Crippen LogP contribution in [0.15, 0.2) is 5.11 Å².